The average Bonchev–Trinajstić information content (AvgIpc) is 3.25. The molecule has 0 fully saturated rings. The van der Waals surface area contributed by atoms with Crippen LogP contribution in [0.1, 0.15) is 36.8 Å². The van der Waals surface area contributed by atoms with Crippen molar-refractivity contribution < 1.29 is 14.3 Å². The summed E-state index contributed by atoms with van der Waals surface area (Å²) in [6.07, 6.45) is 5.42. The normalized spacial score (nSPS) is 11.5. The van der Waals surface area contributed by atoms with E-state index in [1.807, 2.05) is 39.1 Å². The first kappa shape index (κ1) is 23.9. The van der Waals surface area contributed by atoms with E-state index < -0.39 is 17.6 Å². The van der Waals surface area contributed by atoms with Crippen LogP contribution in [0, 0.1) is 0 Å². The molecule has 4 rings (SSSR count). The Kier molecular flexibility index (Phi) is 6.76. The van der Waals surface area contributed by atoms with E-state index in [9.17, 15) is 9.59 Å². The molecule has 0 radical (unpaired) electrons. The summed E-state index contributed by atoms with van der Waals surface area (Å²) in [6, 6.07) is 7.11. The minimum Gasteiger partial charge on any atom is -0.444 e. The first-order chi connectivity index (χ1) is 16.7. The molecule has 0 saturated carbocycles. The highest BCUT2D eigenvalue weighted by Gasteiger charge is 2.16. The minimum absolute atomic E-state index is 0.399. The summed E-state index contributed by atoms with van der Waals surface area (Å²) >= 11 is 0. The Bertz CT molecular complexity index is 1380. The lowest BCUT2D eigenvalue weighted by atomic mass is 10.1. The number of ether oxygens (including phenoxy) is 1. The van der Waals surface area contributed by atoms with E-state index in [-0.39, 0.29) is 0 Å². The van der Waals surface area contributed by atoms with Gasteiger partial charge in [0.15, 0.2) is 0 Å². The van der Waals surface area contributed by atoms with Gasteiger partial charge in [-0.2, -0.15) is 0 Å². The first-order valence-electron chi connectivity index (χ1n) is 11.3. The van der Waals surface area contributed by atoms with Crippen molar-refractivity contribution in [3.05, 3.63) is 54.1 Å². The Labute approximate surface area is 202 Å². The molecule has 4 N–H and O–H groups in total. The largest absolute Gasteiger partial charge is 0.444 e. The van der Waals surface area contributed by atoms with Crippen molar-refractivity contribution >= 4 is 39.5 Å². The molecule has 0 unspecified atom stereocenters. The third-order valence-electron chi connectivity index (χ3n) is 5.15. The number of aromatic nitrogens is 5. The lowest BCUT2D eigenvalue weighted by molar-refractivity contribution is 0.0528. The van der Waals surface area contributed by atoms with Gasteiger partial charge in [0.05, 0.1) is 17.8 Å². The van der Waals surface area contributed by atoms with E-state index in [1.54, 1.807) is 29.2 Å². The SMILES string of the molecule is CC(C)(C)OC(=O)NCCc1cn(CCNc2nc3cc(C(N)=O)ccc3c3cnccc23)nn1. The number of alkyl carbamates (subject to hydrolysis) is 1. The number of primary amides is 1. The summed E-state index contributed by atoms with van der Waals surface area (Å²) in [7, 11) is 0. The fourth-order valence-electron chi connectivity index (χ4n) is 3.59. The molecule has 4 aromatic rings. The summed E-state index contributed by atoms with van der Waals surface area (Å²) in [6.45, 7) is 6.96. The Morgan fingerprint density at radius 3 is 2.71 bits per heavy atom. The summed E-state index contributed by atoms with van der Waals surface area (Å²) in [4.78, 5) is 32.3. The molecule has 11 heteroatoms. The van der Waals surface area contributed by atoms with E-state index in [0.29, 0.717) is 43.0 Å². The van der Waals surface area contributed by atoms with Gasteiger partial charge in [0, 0.05) is 59.8 Å². The molecule has 0 bridgehead atoms. The van der Waals surface area contributed by atoms with Gasteiger partial charge in [0.2, 0.25) is 5.91 Å². The molecule has 182 valence electrons. The summed E-state index contributed by atoms with van der Waals surface area (Å²) < 4.78 is 6.95. The maximum atomic E-state index is 11.7. The highest BCUT2D eigenvalue weighted by molar-refractivity contribution is 6.11. The van der Waals surface area contributed by atoms with Gasteiger partial charge in [-0.25, -0.2) is 9.78 Å². The van der Waals surface area contributed by atoms with Gasteiger partial charge < -0.3 is 21.1 Å². The van der Waals surface area contributed by atoms with Crippen LogP contribution < -0.4 is 16.4 Å². The van der Waals surface area contributed by atoms with E-state index in [0.717, 1.165) is 21.9 Å². The Morgan fingerprint density at radius 1 is 1.11 bits per heavy atom. The number of nitrogens with zero attached hydrogens (tertiary/aromatic N) is 5. The van der Waals surface area contributed by atoms with Crippen LogP contribution in [0.5, 0.6) is 0 Å². The molecular weight excluding hydrogens is 448 g/mol. The van der Waals surface area contributed by atoms with Crippen LogP contribution in [0.15, 0.2) is 42.9 Å². The van der Waals surface area contributed by atoms with Gasteiger partial charge in [-0.3, -0.25) is 14.5 Å². The fraction of sp³-hybridized carbons (Fsp3) is 0.333. The number of pyridine rings is 2. The van der Waals surface area contributed by atoms with Crippen LogP contribution in [0.3, 0.4) is 0 Å². The molecule has 1 aromatic carbocycles. The number of benzene rings is 1. The number of rotatable bonds is 8. The van der Waals surface area contributed by atoms with Crippen LogP contribution in [0.25, 0.3) is 21.7 Å². The Balaban J connectivity index is 1.39. The number of carbonyl (C=O) groups is 2. The van der Waals surface area contributed by atoms with Gasteiger partial charge in [-0.05, 0) is 39.0 Å². The molecule has 3 heterocycles. The molecule has 0 aliphatic rings. The van der Waals surface area contributed by atoms with Crippen molar-refractivity contribution in [1.29, 1.82) is 0 Å². The number of nitrogens with two attached hydrogens (primary N) is 1. The fourth-order valence-corrected chi connectivity index (χ4v) is 3.59. The van der Waals surface area contributed by atoms with Crippen LogP contribution in [0.2, 0.25) is 0 Å². The Hall–Kier alpha value is -4.28. The molecule has 11 nitrogen and oxygen atoms in total. The van der Waals surface area contributed by atoms with Crippen LogP contribution in [0.4, 0.5) is 10.6 Å². The highest BCUT2D eigenvalue weighted by atomic mass is 16.6. The third kappa shape index (κ3) is 5.99. The van der Waals surface area contributed by atoms with Crippen molar-refractivity contribution in [2.24, 2.45) is 5.73 Å². The molecule has 35 heavy (non-hydrogen) atoms. The van der Waals surface area contributed by atoms with E-state index in [4.69, 9.17) is 15.5 Å². The number of amides is 2. The predicted octanol–water partition coefficient (Wildman–Crippen LogP) is 2.65. The topological polar surface area (TPSA) is 150 Å². The second kappa shape index (κ2) is 9.92. The lowest BCUT2D eigenvalue weighted by Gasteiger charge is -2.19. The zero-order valence-corrected chi connectivity index (χ0v) is 19.9. The molecule has 0 atom stereocenters. The zero-order valence-electron chi connectivity index (χ0n) is 19.9. The minimum atomic E-state index is -0.536. The second-order valence-corrected chi connectivity index (χ2v) is 9.06. The van der Waals surface area contributed by atoms with Crippen molar-refractivity contribution in [2.45, 2.75) is 39.3 Å². The van der Waals surface area contributed by atoms with Gasteiger partial charge in [-0.1, -0.05) is 11.3 Å². The second-order valence-electron chi connectivity index (χ2n) is 9.06. The van der Waals surface area contributed by atoms with Gasteiger partial charge in [0.25, 0.3) is 0 Å². The van der Waals surface area contributed by atoms with E-state index >= 15 is 0 Å². The quantitative estimate of drug-likeness (QED) is 0.329. The molecule has 0 spiro atoms. The molecule has 0 aliphatic carbocycles. The number of nitrogens with one attached hydrogen (secondary N) is 2. The monoisotopic (exact) mass is 476 g/mol. The standard InChI is InChI=1S/C24H28N8O3/c1-24(2,3)35-23(34)28-9-6-16-14-32(31-30-16)11-10-27-22-18-7-8-26-13-19(18)17-5-4-15(21(25)33)12-20(17)29-22/h4-5,7-8,12-14H,6,9-11H2,1-3H3,(H2,25,33)(H,27,29)(H,28,34). The summed E-state index contributed by atoms with van der Waals surface area (Å²) in [5.74, 6) is 0.177. The van der Waals surface area contributed by atoms with E-state index in [1.165, 1.54) is 0 Å². The van der Waals surface area contributed by atoms with Crippen molar-refractivity contribution in [2.75, 3.05) is 18.4 Å². The van der Waals surface area contributed by atoms with Crippen LogP contribution in [-0.4, -0.2) is 55.7 Å². The molecule has 2 amide bonds. The van der Waals surface area contributed by atoms with Gasteiger partial charge in [0.1, 0.15) is 11.4 Å². The van der Waals surface area contributed by atoms with Gasteiger partial charge >= 0.3 is 6.09 Å². The summed E-state index contributed by atoms with van der Waals surface area (Å²) in [5.41, 5.74) is 6.72. The smallest absolute Gasteiger partial charge is 0.407 e. The first-order valence-corrected chi connectivity index (χ1v) is 11.3. The average molecular weight is 477 g/mol. The van der Waals surface area contributed by atoms with Crippen LogP contribution in [-0.2, 0) is 17.7 Å². The van der Waals surface area contributed by atoms with Crippen molar-refractivity contribution in [3.63, 3.8) is 0 Å². The highest BCUT2D eigenvalue weighted by Crippen LogP contribution is 2.29. The molecular formula is C24H28N8O3. The number of fused-ring (bicyclic) bond motifs is 3. The Morgan fingerprint density at radius 2 is 1.94 bits per heavy atom. The number of hydrogen-bond acceptors (Lipinski definition) is 8. The van der Waals surface area contributed by atoms with Crippen LogP contribution >= 0.6 is 0 Å². The van der Waals surface area contributed by atoms with Crippen molar-refractivity contribution in [3.8, 4) is 0 Å². The number of anilines is 1. The molecule has 0 aliphatic heterocycles. The summed E-state index contributed by atoms with van der Waals surface area (Å²) in [5, 5.41) is 17.1. The lowest BCUT2D eigenvalue weighted by Crippen LogP contribution is -2.33. The number of hydrogen-bond donors (Lipinski definition) is 3. The van der Waals surface area contributed by atoms with Crippen molar-refractivity contribution in [1.82, 2.24) is 30.3 Å². The molecule has 3 aromatic heterocycles. The predicted molar refractivity (Wildman–Crippen MR) is 132 cm³/mol. The van der Waals surface area contributed by atoms with Gasteiger partial charge in [-0.15, -0.1) is 5.10 Å². The van der Waals surface area contributed by atoms with E-state index in [2.05, 4.69) is 25.9 Å². The third-order valence-corrected chi connectivity index (χ3v) is 5.15. The molecule has 0 saturated heterocycles. The zero-order chi connectivity index (χ0) is 25.0. The number of carbonyl (C=O) groups excluding carboxylic acids is 2. The maximum absolute atomic E-state index is 11.7. The maximum Gasteiger partial charge on any atom is 0.407 e.